The van der Waals surface area contributed by atoms with Crippen molar-refractivity contribution in [3.63, 3.8) is 0 Å². The average molecular weight is 261 g/mol. The maximum atomic E-state index is 12.3. The molecular formula is C13H15N3O3. The Morgan fingerprint density at radius 2 is 2.26 bits per heavy atom. The largest absolute Gasteiger partial charge is 0.478 e. The van der Waals surface area contributed by atoms with Crippen LogP contribution in [0.1, 0.15) is 10.4 Å². The van der Waals surface area contributed by atoms with Gasteiger partial charge in [0.2, 0.25) is 0 Å². The summed E-state index contributed by atoms with van der Waals surface area (Å²) in [7, 11) is 0. The fourth-order valence-electron chi connectivity index (χ4n) is 2.64. The second kappa shape index (κ2) is 4.55. The lowest BCUT2D eigenvalue weighted by Crippen LogP contribution is -2.49. The zero-order valence-corrected chi connectivity index (χ0v) is 10.4. The first kappa shape index (κ1) is 12.0. The molecule has 0 aliphatic carbocycles. The van der Waals surface area contributed by atoms with Gasteiger partial charge in [-0.3, -0.25) is 4.90 Å². The Balaban J connectivity index is 1.88. The first-order chi connectivity index (χ1) is 9.16. The quantitative estimate of drug-likeness (QED) is 0.817. The number of nitrogens with zero attached hydrogens (tertiary/aromatic N) is 2. The van der Waals surface area contributed by atoms with Crippen LogP contribution in [0, 0.1) is 0 Å². The van der Waals surface area contributed by atoms with E-state index in [1.54, 1.807) is 23.1 Å². The molecule has 6 heteroatoms. The molecule has 2 aliphatic rings. The Bertz CT molecular complexity index is 532. The number of piperazine rings is 1. The summed E-state index contributed by atoms with van der Waals surface area (Å²) >= 11 is 0. The molecule has 0 saturated carbocycles. The van der Waals surface area contributed by atoms with Crippen LogP contribution in [0.3, 0.4) is 0 Å². The molecule has 0 bridgehead atoms. The van der Waals surface area contributed by atoms with E-state index in [4.69, 9.17) is 5.11 Å². The minimum absolute atomic E-state index is 0.0333. The van der Waals surface area contributed by atoms with Crippen molar-refractivity contribution in [3.8, 4) is 0 Å². The van der Waals surface area contributed by atoms with Gasteiger partial charge in [0, 0.05) is 31.9 Å². The smallest absolute Gasteiger partial charge is 0.335 e. The summed E-state index contributed by atoms with van der Waals surface area (Å²) in [5.74, 6) is -0.979. The topological polar surface area (TPSA) is 72.9 Å². The Morgan fingerprint density at radius 1 is 1.42 bits per heavy atom. The summed E-state index contributed by atoms with van der Waals surface area (Å²) in [5.41, 5.74) is 0.854. The van der Waals surface area contributed by atoms with Gasteiger partial charge < -0.3 is 15.3 Å². The van der Waals surface area contributed by atoms with Gasteiger partial charge >= 0.3 is 12.0 Å². The van der Waals surface area contributed by atoms with Gasteiger partial charge in [-0.25, -0.2) is 9.59 Å². The van der Waals surface area contributed by atoms with Crippen molar-refractivity contribution in [1.82, 2.24) is 10.2 Å². The van der Waals surface area contributed by atoms with E-state index < -0.39 is 5.97 Å². The molecule has 2 N–H and O–H groups in total. The minimum Gasteiger partial charge on any atom is -0.478 e. The van der Waals surface area contributed by atoms with Gasteiger partial charge in [-0.05, 0) is 18.2 Å². The fraction of sp³-hybridized carbons (Fsp3) is 0.385. The molecular weight excluding hydrogens is 246 g/mol. The lowest BCUT2D eigenvalue weighted by molar-refractivity contribution is 0.0697. The van der Waals surface area contributed by atoms with Gasteiger partial charge in [-0.15, -0.1) is 0 Å². The summed E-state index contributed by atoms with van der Waals surface area (Å²) in [6.45, 7) is 2.92. The molecule has 3 rings (SSSR count). The lowest BCUT2D eigenvalue weighted by atomic mass is 10.2. The molecule has 19 heavy (non-hydrogen) atoms. The molecule has 2 aliphatic heterocycles. The van der Waals surface area contributed by atoms with Crippen LogP contribution >= 0.6 is 0 Å². The van der Waals surface area contributed by atoms with E-state index in [-0.39, 0.29) is 17.6 Å². The molecule has 1 atom stereocenters. The zero-order valence-electron chi connectivity index (χ0n) is 10.4. The molecule has 6 nitrogen and oxygen atoms in total. The Kier molecular flexibility index (Phi) is 2.87. The first-order valence-corrected chi connectivity index (χ1v) is 6.29. The standard InChI is InChI=1S/C13H15N3O3/c17-12(18)9-2-1-3-10(6-9)16-8-11-7-14-4-5-15(11)13(16)19/h1-3,6,11,14H,4-5,7-8H2,(H,17,18)/t11-/m0/s1. The number of fused-ring (bicyclic) bond motifs is 1. The first-order valence-electron chi connectivity index (χ1n) is 6.29. The number of rotatable bonds is 2. The van der Waals surface area contributed by atoms with Crippen molar-refractivity contribution in [2.45, 2.75) is 6.04 Å². The third-order valence-electron chi connectivity index (χ3n) is 3.62. The number of hydrogen-bond donors (Lipinski definition) is 2. The van der Waals surface area contributed by atoms with Crippen molar-refractivity contribution in [2.24, 2.45) is 0 Å². The van der Waals surface area contributed by atoms with Crippen LogP contribution in [-0.2, 0) is 0 Å². The normalized spacial score (nSPS) is 22.5. The number of urea groups is 1. The number of carbonyl (C=O) groups is 2. The highest BCUT2D eigenvalue weighted by Crippen LogP contribution is 2.25. The van der Waals surface area contributed by atoms with E-state index in [0.29, 0.717) is 18.8 Å². The highest BCUT2D eigenvalue weighted by Gasteiger charge is 2.39. The minimum atomic E-state index is -0.979. The third kappa shape index (κ3) is 2.04. The molecule has 2 amide bonds. The summed E-state index contributed by atoms with van der Waals surface area (Å²) < 4.78 is 0. The third-order valence-corrected chi connectivity index (χ3v) is 3.62. The van der Waals surface area contributed by atoms with Gasteiger partial charge in [0.25, 0.3) is 0 Å². The van der Waals surface area contributed by atoms with Gasteiger partial charge in [-0.2, -0.15) is 0 Å². The van der Waals surface area contributed by atoms with Crippen LogP contribution in [0.15, 0.2) is 24.3 Å². The maximum Gasteiger partial charge on any atom is 0.335 e. The molecule has 0 spiro atoms. The second-order valence-electron chi connectivity index (χ2n) is 4.80. The summed E-state index contributed by atoms with van der Waals surface area (Å²) in [4.78, 5) is 26.8. The maximum absolute atomic E-state index is 12.3. The summed E-state index contributed by atoms with van der Waals surface area (Å²) in [5, 5.41) is 12.3. The van der Waals surface area contributed by atoms with Crippen LogP contribution in [-0.4, -0.2) is 54.2 Å². The molecule has 100 valence electrons. The van der Waals surface area contributed by atoms with Crippen molar-refractivity contribution < 1.29 is 14.7 Å². The lowest BCUT2D eigenvalue weighted by Gasteiger charge is -2.28. The molecule has 1 aromatic carbocycles. The number of amides is 2. The van der Waals surface area contributed by atoms with E-state index in [1.807, 2.05) is 4.90 Å². The van der Waals surface area contributed by atoms with Crippen molar-refractivity contribution in [1.29, 1.82) is 0 Å². The number of hydrogen-bond acceptors (Lipinski definition) is 3. The molecule has 0 aromatic heterocycles. The van der Waals surface area contributed by atoms with Crippen molar-refractivity contribution >= 4 is 17.7 Å². The van der Waals surface area contributed by atoms with E-state index in [9.17, 15) is 9.59 Å². The molecule has 1 aromatic rings. The van der Waals surface area contributed by atoms with E-state index in [0.717, 1.165) is 13.1 Å². The number of aromatic carboxylic acids is 1. The van der Waals surface area contributed by atoms with Gasteiger partial charge in [-0.1, -0.05) is 6.07 Å². The number of benzene rings is 1. The van der Waals surface area contributed by atoms with Gasteiger partial charge in [0.1, 0.15) is 0 Å². The Labute approximate surface area is 110 Å². The summed E-state index contributed by atoms with van der Waals surface area (Å²) in [6.07, 6.45) is 0. The van der Waals surface area contributed by atoms with Crippen molar-refractivity contribution in [2.75, 3.05) is 31.1 Å². The Hall–Kier alpha value is -2.08. The van der Waals surface area contributed by atoms with Crippen LogP contribution in [0.5, 0.6) is 0 Å². The highest BCUT2D eigenvalue weighted by atomic mass is 16.4. The average Bonchev–Trinajstić information content (AvgIpc) is 2.77. The van der Waals surface area contributed by atoms with Crippen LogP contribution in [0.25, 0.3) is 0 Å². The molecule has 2 fully saturated rings. The number of nitrogens with one attached hydrogen (secondary N) is 1. The molecule has 2 heterocycles. The van der Waals surface area contributed by atoms with E-state index in [2.05, 4.69) is 5.32 Å². The van der Waals surface area contributed by atoms with Crippen LogP contribution in [0.4, 0.5) is 10.5 Å². The van der Waals surface area contributed by atoms with Gasteiger partial charge in [0.05, 0.1) is 11.6 Å². The van der Waals surface area contributed by atoms with E-state index in [1.165, 1.54) is 6.07 Å². The molecule has 0 unspecified atom stereocenters. The Morgan fingerprint density at radius 3 is 3.00 bits per heavy atom. The predicted molar refractivity (Wildman–Crippen MR) is 69.5 cm³/mol. The van der Waals surface area contributed by atoms with Crippen LogP contribution in [0.2, 0.25) is 0 Å². The zero-order chi connectivity index (χ0) is 13.4. The highest BCUT2D eigenvalue weighted by molar-refractivity contribution is 5.96. The number of carboxylic acid groups (broad SMARTS) is 1. The van der Waals surface area contributed by atoms with Gasteiger partial charge in [0.15, 0.2) is 0 Å². The fourth-order valence-corrected chi connectivity index (χ4v) is 2.64. The van der Waals surface area contributed by atoms with Crippen molar-refractivity contribution in [3.05, 3.63) is 29.8 Å². The predicted octanol–water partition coefficient (Wildman–Crippen LogP) is 0.599. The van der Waals surface area contributed by atoms with E-state index >= 15 is 0 Å². The summed E-state index contributed by atoms with van der Waals surface area (Å²) in [6, 6.07) is 6.66. The monoisotopic (exact) mass is 261 g/mol. The van der Waals surface area contributed by atoms with Crippen LogP contribution < -0.4 is 10.2 Å². The second-order valence-corrected chi connectivity index (χ2v) is 4.80. The molecule has 2 saturated heterocycles. The number of anilines is 1. The molecule has 0 radical (unpaired) electrons. The number of carbonyl (C=O) groups excluding carboxylic acids is 1. The SMILES string of the molecule is O=C(O)c1cccc(N2C[C@@H]3CNCCN3C2=O)c1. The number of carboxylic acids is 1.